The van der Waals surface area contributed by atoms with Gasteiger partial charge < -0.3 is 0 Å². The number of carbonyl (C=O) groups excluding carboxylic acids is 1. The van der Waals surface area contributed by atoms with Crippen LogP contribution in [0.3, 0.4) is 0 Å². The third-order valence-corrected chi connectivity index (χ3v) is 5.14. The van der Waals surface area contributed by atoms with E-state index in [1.807, 2.05) is 6.92 Å². The molecule has 1 nitrogen and oxygen atoms in total. The Morgan fingerprint density at radius 2 is 1.12 bits per heavy atom. The third-order valence-electron chi connectivity index (χ3n) is 5.14. The van der Waals surface area contributed by atoms with Crippen molar-refractivity contribution in [3.05, 3.63) is 24.8 Å². The van der Waals surface area contributed by atoms with E-state index < -0.39 is 0 Å². The second-order valence-electron chi connectivity index (χ2n) is 7.73. The van der Waals surface area contributed by atoms with Crippen molar-refractivity contribution in [1.29, 1.82) is 0 Å². The fraction of sp³-hybridized carbons (Fsp3) is 0.792. The fourth-order valence-electron chi connectivity index (χ4n) is 3.43. The van der Waals surface area contributed by atoms with Crippen molar-refractivity contribution in [1.82, 2.24) is 0 Å². The molecule has 0 amide bonds. The van der Waals surface area contributed by atoms with Gasteiger partial charge in [-0.15, -0.1) is 6.58 Å². The summed E-state index contributed by atoms with van der Waals surface area (Å²) in [6, 6.07) is 0. The van der Waals surface area contributed by atoms with Crippen molar-refractivity contribution in [3.8, 4) is 0 Å². The molecule has 0 rings (SSSR count). The molecule has 0 aliphatic rings. The number of Topliss-reactive ketones (excluding diaryl/α,β-unsaturated/α-hetero) is 1. The average Bonchev–Trinajstić information content (AvgIpc) is 2.58. The summed E-state index contributed by atoms with van der Waals surface area (Å²) in [5.41, 5.74) is 0.918. The van der Waals surface area contributed by atoms with Crippen LogP contribution in [0.2, 0.25) is 0 Å². The molecule has 0 fully saturated rings. The Morgan fingerprint density at radius 1 is 0.760 bits per heavy atom. The standard InChI is InChI=1S/C24H44O/c1-5-7-8-9-10-11-12-13-14-15-16-17-18-19-20-21-24(25)23(6-2)22(3)4/h6,23H,2-3,5,7-21H2,1,4H3. The molecule has 1 atom stereocenters. The first-order chi connectivity index (χ1) is 12.1. The molecule has 0 radical (unpaired) electrons. The van der Waals surface area contributed by atoms with Gasteiger partial charge in [0.25, 0.3) is 0 Å². The molecule has 0 aromatic heterocycles. The molecule has 0 aromatic carbocycles. The summed E-state index contributed by atoms with van der Waals surface area (Å²) in [6.07, 6.45) is 22.8. The number of carbonyl (C=O) groups is 1. The molecule has 0 saturated carbocycles. The minimum atomic E-state index is -0.133. The van der Waals surface area contributed by atoms with E-state index in [0.29, 0.717) is 6.42 Å². The molecule has 0 saturated heterocycles. The zero-order valence-corrected chi connectivity index (χ0v) is 17.3. The van der Waals surface area contributed by atoms with Gasteiger partial charge in [0.1, 0.15) is 5.78 Å². The molecule has 0 aliphatic heterocycles. The molecule has 0 heterocycles. The number of hydrogen-bond acceptors (Lipinski definition) is 1. The minimum absolute atomic E-state index is 0.133. The summed E-state index contributed by atoms with van der Waals surface area (Å²) < 4.78 is 0. The molecular weight excluding hydrogens is 304 g/mol. The van der Waals surface area contributed by atoms with Gasteiger partial charge in [0.05, 0.1) is 5.92 Å². The van der Waals surface area contributed by atoms with E-state index in [9.17, 15) is 4.79 Å². The van der Waals surface area contributed by atoms with Gasteiger partial charge in [-0.1, -0.05) is 115 Å². The van der Waals surface area contributed by atoms with Crippen LogP contribution in [0.4, 0.5) is 0 Å². The third kappa shape index (κ3) is 15.1. The Labute approximate surface area is 158 Å². The zero-order chi connectivity index (χ0) is 18.8. The Balaban J connectivity index is 3.27. The van der Waals surface area contributed by atoms with Crippen molar-refractivity contribution in [2.45, 2.75) is 117 Å². The van der Waals surface area contributed by atoms with Gasteiger partial charge in [-0.05, 0) is 13.3 Å². The van der Waals surface area contributed by atoms with Gasteiger partial charge in [0.15, 0.2) is 0 Å². The Morgan fingerprint density at radius 3 is 1.44 bits per heavy atom. The van der Waals surface area contributed by atoms with Crippen molar-refractivity contribution in [3.63, 3.8) is 0 Å². The van der Waals surface area contributed by atoms with E-state index in [1.165, 1.54) is 89.9 Å². The highest BCUT2D eigenvalue weighted by atomic mass is 16.1. The molecule has 1 unspecified atom stereocenters. The normalized spacial score (nSPS) is 12.1. The summed E-state index contributed by atoms with van der Waals surface area (Å²) in [5, 5.41) is 0. The smallest absolute Gasteiger partial charge is 0.143 e. The van der Waals surface area contributed by atoms with Crippen LogP contribution in [-0.2, 0) is 4.79 Å². The SMILES string of the molecule is C=CC(C(=C)C)C(=O)CCCCCCCCCCCCCCCCC. The molecule has 0 N–H and O–H groups in total. The van der Waals surface area contributed by atoms with Crippen molar-refractivity contribution < 1.29 is 4.79 Å². The van der Waals surface area contributed by atoms with E-state index in [-0.39, 0.29) is 11.7 Å². The van der Waals surface area contributed by atoms with E-state index in [0.717, 1.165) is 12.0 Å². The molecule has 0 bridgehead atoms. The van der Waals surface area contributed by atoms with E-state index in [4.69, 9.17) is 0 Å². The molecule has 146 valence electrons. The van der Waals surface area contributed by atoms with Gasteiger partial charge in [0.2, 0.25) is 0 Å². The Hall–Kier alpha value is -0.850. The minimum Gasteiger partial charge on any atom is -0.299 e. The number of ketones is 1. The lowest BCUT2D eigenvalue weighted by atomic mass is 9.93. The summed E-state index contributed by atoms with van der Waals surface area (Å²) in [5.74, 6) is 0.156. The van der Waals surface area contributed by atoms with Crippen LogP contribution < -0.4 is 0 Å². The second kappa shape index (κ2) is 18.0. The Kier molecular flexibility index (Phi) is 17.3. The van der Waals surface area contributed by atoms with E-state index in [2.05, 4.69) is 20.1 Å². The monoisotopic (exact) mass is 348 g/mol. The van der Waals surface area contributed by atoms with Crippen molar-refractivity contribution in [2.75, 3.05) is 0 Å². The van der Waals surface area contributed by atoms with Crippen molar-refractivity contribution >= 4 is 5.78 Å². The summed E-state index contributed by atoms with van der Waals surface area (Å²) in [4.78, 5) is 12.0. The van der Waals surface area contributed by atoms with Crippen LogP contribution in [0.15, 0.2) is 24.8 Å². The first-order valence-electron chi connectivity index (χ1n) is 10.9. The largest absolute Gasteiger partial charge is 0.299 e. The second-order valence-corrected chi connectivity index (χ2v) is 7.73. The molecule has 25 heavy (non-hydrogen) atoms. The lowest BCUT2D eigenvalue weighted by molar-refractivity contribution is -0.120. The van der Waals surface area contributed by atoms with E-state index in [1.54, 1.807) is 6.08 Å². The van der Waals surface area contributed by atoms with Crippen LogP contribution in [0.5, 0.6) is 0 Å². The first-order valence-corrected chi connectivity index (χ1v) is 10.9. The molecule has 1 heteroatoms. The van der Waals surface area contributed by atoms with Crippen LogP contribution in [0, 0.1) is 5.92 Å². The van der Waals surface area contributed by atoms with Gasteiger partial charge in [-0.25, -0.2) is 0 Å². The number of hydrogen-bond donors (Lipinski definition) is 0. The lowest BCUT2D eigenvalue weighted by Crippen LogP contribution is -2.12. The lowest BCUT2D eigenvalue weighted by Gasteiger charge is -2.10. The fourth-order valence-corrected chi connectivity index (χ4v) is 3.43. The van der Waals surface area contributed by atoms with Gasteiger partial charge in [-0.3, -0.25) is 4.79 Å². The highest BCUT2D eigenvalue weighted by molar-refractivity contribution is 5.85. The topological polar surface area (TPSA) is 17.1 Å². The zero-order valence-electron chi connectivity index (χ0n) is 17.3. The maximum Gasteiger partial charge on any atom is 0.143 e. The van der Waals surface area contributed by atoms with Crippen LogP contribution in [0.1, 0.15) is 117 Å². The quantitative estimate of drug-likeness (QED) is 0.170. The number of rotatable bonds is 19. The van der Waals surface area contributed by atoms with Crippen molar-refractivity contribution in [2.24, 2.45) is 5.92 Å². The predicted octanol–water partition coefficient (Wildman–Crippen LogP) is 8.20. The van der Waals surface area contributed by atoms with Crippen LogP contribution in [-0.4, -0.2) is 5.78 Å². The summed E-state index contributed by atoms with van der Waals surface area (Å²) in [6.45, 7) is 11.8. The number of allylic oxidation sites excluding steroid dienone is 2. The first kappa shape index (κ1) is 24.1. The van der Waals surface area contributed by atoms with Crippen LogP contribution in [0.25, 0.3) is 0 Å². The molecular formula is C24H44O. The molecule has 0 spiro atoms. The highest BCUT2D eigenvalue weighted by Crippen LogP contribution is 2.17. The van der Waals surface area contributed by atoms with Gasteiger partial charge >= 0.3 is 0 Å². The van der Waals surface area contributed by atoms with Gasteiger partial charge in [0, 0.05) is 6.42 Å². The summed E-state index contributed by atoms with van der Waals surface area (Å²) in [7, 11) is 0. The Bertz CT molecular complexity index is 342. The molecule has 0 aromatic rings. The highest BCUT2D eigenvalue weighted by Gasteiger charge is 2.14. The predicted molar refractivity (Wildman–Crippen MR) is 113 cm³/mol. The maximum atomic E-state index is 12.0. The van der Waals surface area contributed by atoms with Gasteiger partial charge in [-0.2, -0.15) is 0 Å². The molecule has 0 aliphatic carbocycles. The van der Waals surface area contributed by atoms with E-state index >= 15 is 0 Å². The van der Waals surface area contributed by atoms with Crippen LogP contribution >= 0.6 is 0 Å². The number of unbranched alkanes of at least 4 members (excludes halogenated alkanes) is 14. The summed E-state index contributed by atoms with van der Waals surface area (Å²) >= 11 is 0. The maximum absolute atomic E-state index is 12.0. The average molecular weight is 349 g/mol.